The maximum absolute atomic E-state index is 12.8. The molecule has 0 radical (unpaired) electrons. The Morgan fingerprint density at radius 2 is 0.600 bits per heavy atom. The maximum atomic E-state index is 12.8. The molecule has 0 fully saturated rings. The molecule has 0 aliphatic heterocycles. The third kappa shape index (κ3) is 51.9. The molecule has 0 aromatic rings. The van der Waals surface area contributed by atoms with Crippen molar-refractivity contribution in [2.75, 3.05) is 13.2 Å². The van der Waals surface area contributed by atoms with Crippen LogP contribution < -0.4 is 0 Å². The lowest BCUT2D eigenvalue weighted by molar-refractivity contribution is -0.167. The first-order valence-electron chi connectivity index (χ1n) is 27.8. The number of ether oxygens (including phenoxy) is 3. The zero-order valence-corrected chi connectivity index (χ0v) is 43.0. The molecule has 6 heteroatoms. The number of esters is 3. The molecule has 0 saturated carbocycles. The van der Waals surface area contributed by atoms with Crippen molar-refractivity contribution in [2.24, 2.45) is 0 Å². The fraction of sp³-hybridized carbons (Fsp3) is 0.780. The summed E-state index contributed by atoms with van der Waals surface area (Å²) in [5, 5.41) is 0. The minimum atomic E-state index is -0.774. The molecule has 0 N–H and O–H groups in total. The van der Waals surface area contributed by atoms with Gasteiger partial charge in [-0.1, -0.05) is 236 Å². The standard InChI is InChI=1S/C59H104O6/c1-4-7-10-13-15-17-19-21-23-25-27-29-31-33-35-37-39-41-43-46-49-52-58(61)64-55-56(54-63-57(60)51-48-45-12-9-6-3)65-59(62)53-50-47-44-42-40-38-36-34-32-30-28-26-24-22-20-18-16-14-11-8-5-2/h7,10,15,17,21,23,26-29,56H,4-6,8-9,11-14,16,18-20,22,24-25,30-55H2,1-3H3/b10-7-,17-15-,23-21-,28-26-,29-27-. The summed E-state index contributed by atoms with van der Waals surface area (Å²) in [7, 11) is 0. The fourth-order valence-electron chi connectivity index (χ4n) is 7.84. The quantitative estimate of drug-likeness (QED) is 0.0262. The second-order valence-electron chi connectivity index (χ2n) is 18.5. The van der Waals surface area contributed by atoms with E-state index in [1.807, 2.05) is 0 Å². The summed E-state index contributed by atoms with van der Waals surface area (Å²) in [4.78, 5) is 37.8. The second-order valence-corrected chi connectivity index (χ2v) is 18.5. The molecule has 0 aromatic carbocycles. The van der Waals surface area contributed by atoms with Gasteiger partial charge in [0.15, 0.2) is 6.10 Å². The summed E-state index contributed by atoms with van der Waals surface area (Å²) in [5.74, 6) is -0.894. The van der Waals surface area contributed by atoms with E-state index in [1.165, 1.54) is 141 Å². The Balaban J connectivity index is 4.12. The Morgan fingerprint density at radius 1 is 0.323 bits per heavy atom. The number of hydrogen-bond donors (Lipinski definition) is 0. The zero-order valence-electron chi connectivity index (χ0n) is 43.0. The minimum absolute atomic E-state index is 0.0775. The first-order chi connectivity index (χ1) is 32.0. The third-order valence-electron chi connectivity index (χ3n) is 12.0. The van der Waals surface area contributed by atoms with Gasteiger partial charge in [0, 0.05) is 19.3 Å². The van der Waals surface area contributed by atoms with Crippen LogP contribution >= 0.6 is 0 Å². The Morgan fingerprint density at radius 3 is 0.954 bits per heavy atom. The Labute approximate surface area is 402 Å². The minimum Gasteiger partial charge on any atom is -0.462 e. The molecule has 0 rings (SSSR count). The third-order valence-corrected chi connectivity index (χ3v) is 12.0. The van der Waals surface area contributed by atoms with Gasteiger partial charge in [0.05, 0.1) is 0 Å². The average Bonchev–Trinajstić information content (AvgIpc) is 3.30. The van der Waals surface area contributed by atoms with E-state index in [1.54, 1.807) is 0 Å². The fourth-order valence-corrected chi connectivity index (χ4v) is 7.84. The summed E-state index contributed by atoms with van der Waals surface area (Å²) in [5.41, 5.74) is 0. The number of carbonyl (C=O) groups excluding carboxylic acids is 3. The van der Waals surface area contributed by atoms with Gasteiger partial charge in [0.2, 0.25) is 0 Å². The van der Waals surface area contributed by atoms with Gasteiger partial charge in [-0.3, -0.25) is 14.4 Å². The van der Waals surface area contributed by atoms with E-state index in [0.29, 0.717) is 19.3 Å². The number of hydrogen-bond acceptors (Lipinski definition) is 6. The van der Waals surface area contributed by atoms with Crippen LogP contribution in [0.15, 0.2) is 60.8 Å². The molecule has 0 aliphatic carbocycles. The summed E-state index contributed by atoms with van der Waals surface area (Å²) in [6.07, 6.45) is 66.8. The SMILES string of the molecule is CC/C=C\C/C=C\C/C=C\C/C=C\CCCCCCCCCCC(=O)OCC(COC(=O)CCCCCCC)OC(=O)CCCCCCCCCCC/C=C\CCCCCCCCCC. The molecule has 0 aliphatic rings. The summed E-state index contributed by atoms with van der Waals surface area (Å²) >= 11 is 0. The van der Waals surface area contributed by atoms with Crippen molar-refractivity contribution in [3.05, 3.63) is 60.8 Å². The van der Waals surface area contributed by atoms with Gasteiger partial charge in [-0.25, -0.2) is 0 Å². The van der Waals surface area contributed by atoms with Gasteiger partial charge < -0.3 is 14.2 Å². The Kier molecular flexibility index (Phi) is 51.3. The van der Waals surface area contributed by atoms with Crippen LogP contribution in [0.4, 0.5) is 0 Å². The van der Waals surface area contributed by atoms with E-state index in [2.05, 4.69) is 81.5 Å². The lowest BCUT2D eigenvalue weighted by Gasteiger charge is -2.18. The lowest BCUT2D eigenvalue weighted by atomic mass is 10.1. The Bertz CT molecular complexity index is 1180. The molecule has 0 saturated heterocycles. The molecule has 0 bridgehead atoms. The Hall–Kier alpha value is -2.89. The first-order valence-corrected chi connectivity index (χ1v) is 27.8. The molecule has 0 heterocycles. The van der Waals surface area contributed by atoms with Gasteiger partial charge in [-0.2, -0.15) is 0 Å². The highest BCUT2D eigenvalue weighted by Gasteiger charge is 2.19. The molecule has 0 amide bonds. The number of allylic oxidation sites excluding steroid dienone is 10. The molecule has 0 aromatic heterocycles. The normalized spacial score (nSPS) is 12.5. The smallest absolute Gasteiger partial charge is 0.306 e. The van der Waals surface area contributed by atoms with Gasteiger partial charge in [-0.15, -0.1) is 0 Å². The van der Waals surface area contributed by atoms with E-state index in [-0.39, 0.29) is 31.1 Å². The van der Waals surface area contributed by atoms with E-state index in [0.717, 1.165) is 96.3 Å². The summed E-state index contributed by atoms with van der Waals surface area (Å²) in [6.45, 7) is 6.45. The van der Waals surface area contributed by atoms with Gasteiger partial charge in [0.1, 0.15) is 13.2 Å². The van der Waals surface area contributed by atoms with Crippen LogP contribution in [0.5, 0.6) is 0 Å². The maximum Gasteiger partial charge on any atom is 0.306 e. The monoisotopic (exact) mass is 909 g/mol. The average molecular weight is 909 g/mol. The lowest BCUT2D eigenvalue weighted by Crippen LogP contribution is -2.30. The van der Waals surface area contributed by atoms with Crippen LogP contribution in [0.1, 0.15) is 278 Å². The summed E-state index contributed by atoms with van der Waals surface area (Å²) < 4.78 is 16.7. The molecule has 1 atom stereocenters. The van der Waals surface area contributed by atoms with E-state index in [4.69, 9.17) is 14.2 Å². The number of unbranched alkanes of at least 4 members (excludes halogenated alkanes) is 29. The van der Waals surface area contributed by atoms with Crippen LogP contribution in [0.25, 0.3) is 0 Å². The van der Waals surface area contributed by atoms with Crippen molar-refractivity contribution >= 4 is 17.9 Å². The molecule has 0 spiro atoms. The van der Waals surface area contributed by atoms with E-state index in [9.17, 15) is 14.4 Å². The highest BCUT2D eigenvalue weighted by Crippen LogP contribution is 2.15. The second kappa shape index (κ2) is 53.7. The largest absolute Gasteiger partial charge is 0.462 e. The zero-order chi connectivity index (χ0) is 47.2. The van der Waals surface area contributed by atoms with Crippen LogP contribution in [0.3, 0.4) is 0 Å². The number of carbonyl (C=O) groups is 3. The van der Waals surface area contributed by atoms with Crippen molar-refractivity contribution in [3.8, 4) is 0 Å². The topological polar surface area (TPSA) is 78.9 Å². The predicted octanol–water partition coefficient (Wildman–Crippen LogP) is 18.4. The van der Waals surface area contributed by atoms with E-state index < -0.39 is 6.10 Å². The molecule has 65 heavy (non-hydrogen) atoms. The highest BCUT2D eigenvalue weighted by atomic mass is 16.6. The van der Waals surface area contributed by atoms with Crippen molar-refractivity contribution in [1.29, 1.82) is 0 Å². The van der Waals surface area contributed by atoms with Crippen LogP contribution in [-0.2, 0) is 28.6 Å². The van der Waals surface area contributed by atoms with Crippen molar-refractivity contribution in [1.82, 2.24) is 0 Å². The molecular formula is C59H104O6. The van der Waals surface area contributed by atoms with E-state index >= 15 is 0 Å². The molecule has 376 valence electrons. The van der Waals surface area contributed by atoms with Crippen LogP contribution in [0.2, 0.25) is 0 Å². The van der Waals surface area contributed by atoms with Crippen molar-refractivity contribution in [2.45, 2.75) is 284 Å². The molecular weight excluding hydrogens is 805 g/mol. The molecule has 6 nitrogen and oxygen atoms in total. The van der Waals surface area contributed by atoms with Gasteiger partial charge >= 0.3 is 17.9 Å². The van der Waals surface area contributed by atoms with Crippen molar-refractivity contribution < 1.29 is 28.6 Å². The first kappa shape index (κ1) is 62.1. The van der Waals surface area contributed by atoms with Crippen LogP contribution in [-0.4, -0.2) is 37.2 Å². The highest BCUT2D eigenvalue weighted by molar-refractivity contribution is 5.71. The molecule has 1 unspecified atom stereocenters. The van der Waals surface area contributed by atoms with Crippen molar-refractivity contribution in [3.63, 3.8) is 0 Å². The van der Waals surface area contributed by atoms with Crippen LogP contribution in [0, 0.1) is 0 Å². The van der Waals surface area contributed by atoms with Gasteiger partial charge in [-0.05, 0) is 83.5 Å². The number of rotatable bonds is 50. The predicted molar refractivity (Wildman–Crippen MR) is 279 cm³/mol. The summed E-state index contributed by atoms with van der Waals surface area (Å²) in [6, 6.07) is 0. The van der Waals surface area contributed by atoms with Gasteiger partial charge in [0.25, 0.3) is 0 Å².